The second kappa shape index (κ2) is 8.88. The molecule has 1 amide bonds. The highest BCUT2D eigenvalue weighted by molar-refractivity contribution is 6.06. The van der Waals surface area contributed by atoms with Gasteiger partial charge in [0, 0.05) is 38.1 Å². The van der Waals surface area contributed by atoms with Crippen LogP contribution in [0.2, 0.25) is 0 Å². The van der Waals surface area contributed by atoms with E-state index in [1.54, 1.807) is 6.20 Å². The lowest BCUT2D eigenvalue weighted by Crippen LogP contribution is -2.44. The summed E-state index contributed by atoms with van der Waals surface area (Å²) < 4.78 is 0. The van der Waals surface area contributed by atoms with Gasteiger partial charge in [-0.2, -0.15) is 0 Å². The molecule has 0 unspecified atom stereocenters. The van der Waals surface area contributed by atoms with E-state index in [2.05, 4.69) is 21.8 Å². The van der Waals surface area contributed by atoms with Crippen molar-refractivity contribution in [3.63, 3.8) is 0 Å². The molecule has 0 bridgehead atoms. The molecule has 5 heteroatoms. The number of benzene rings is 2. The first-order valence-electron chi connectivity index (χ1n) is 10.00. The van der Waals surface area contributed by atoms with Crippen molar-refractivity contribution in [2.24, 2.45) is 0 Å². The zero-order chi connectivity index (χ0) is 20.1. The van der Waals surface area contributed by atoms with Crippen LogP contribution < -0.4 is 9.80 Å². The predicted octanol–water partition coefficient (Wildman–Crippen LogP) is 3.68. The van der Waals surface area contributed by atoms with Crippen LogP contribution in [0, 0.1) is 0 Å². The summed E-state index contributed by atoms with van der Waals surface area (Å²) in [7, 11) is 2.14. The molecule has 1 aliphatic rings. The molecule has 0 radical (unpaired) electrons. The number of hydrogen-bond acceptors (Lipinski definition) is 4. The predicted molar refractivity (Wildman–Crippen MR) is 117 cm³/mol. The van der Waals surface area contributed by atoms with E-state index in [9.17, 15) is 4.79 Å². The molecule has 0 spiro atoms. The molecule has 0 aliphatic carbocycles. The lowest BCUT2D eigenvalue weighted by molar-refractivity contribution is 0.0985. The molecule has 148 valence electrons. The number of rotatable bonds is 5. The van der Waals surface area contributed by atoms with Crippen molar-refractivity contribution in [2.75, 3.05) is 43.0 Å². The number of para-hydroxylation sites is 1. The summed E-state index contributed by atoms with van der Waals surface area (Å²) >= 11 is 0. The molecule has 2 heterocycles. The summed E-state index contributed by atoms with van der Waals surface area (Å²) in [6.45, 7) is 4.44. The van der Waals surface area contributed by atoms with Gasteiger partial charge in [0.25, 0.3) is 5.91 Å². The number of hydrogen-bond donors (Lipinski definition) is 0. The van der Waals surface area contributed by atoms with Gasteiger partial charge in [-0.1, -0.05) is 48.5 Å². The first-order chi connectivity index (χ1) is 14.2. The molecule has 2 aromatic carbocycles. The molecule has 29 heavy (non-hydrogen) atoms. The van der Waals surface area contributed by atoms with Crippen molar-refractivity contribution in [3.05, 3.63) is 90.3 Å². The van der Waals surface area contributed by atoms with Gasteiger partial charge in [-0.3, -0.25) is 9.78 Å². The third kappa shape index (κ3) is 4.63. The maximum Gasteiger partial charge on any atom is 0.260 e. The lowest BCUT2D eigenvalue weighted by atomic mass is 10.1. The number of pyridine rings is 1. The zero-order valence-electron chi connectivity index (χ0n) is 16.7. The van der Waals surface area contributed by atoms with Crippen LogP contribution in [0.3, 0.4) is 0 Å². The van der Waals surface area contributed by atoms with Crippen LogP contribution in [-0.2, 0) is 6.54 Å². The molecule has 1 aromatic heterocycles. The summed E-state index contributed by atoms with van der Waals surface area (Å²) in [5, 5.41) is 0. The quantitative estimate of drug-likeness (QED) is 0.671. The van der Waals surface area contributed by atoms with Crippen LogP contribution >= 0.6 is 0 Å². The zero-order valence-corrected chi connectivity index (χ0v) is 16.7. The number of aromatic nitrogens is 1. The van der Waals surface area contributed by atoms with Crippen LogP contribution in [0.15, 0.2) is 79.1 Å². The van der Waals surface area contributed by atoms with Crippen LogP contribution in [0.1, 0.15) is 15.9 Å². The van der Waals surface area contributed by atoms with E-state index in [4.69, 9.17) is 0 Å². The summed E-state index contributed by atoms with van der Waals surface area (Å²) in [4.78, 5) is 24.3. The Bertz CT molecular complexity index is 937. The second-order valence-corrected chi connectivity index (χ2v) is 7.43. The number of piperazine rings is 1. The van der Waals surface area contributed by atoms with Gasteiger partial charge in [0.05, 0.1) is 24.0 Å². The molecule has 4 rings (SSSR count). The highest BCUT2D eigenvalue weighted by Gasteiger charge is 2.21. The molecule has 0 N–H and O–H groups in total. The average molecular weight is 386 g/mol. The minimum atomic E-state index is -0.0384. The molecule has 0 atom stereocenters. The maximum absolute atomic E-state index is 13.5. The number of carbonyl (C=O) groups is 1. The highest BCUT2D eigenvalue weighted by atomic mass is 16.2. The van der Waals surface area contributed by atoms with Crippen molar-refractivity contribution in [1.82, 2.24) is 9.88 Å². The minimum Gasteiger partial charge on any atom is -0.368 e. The smallest absolute Gasteiger partial charge is 0.260 e. The molecule has 5 nitrogen and oxygen atoms in total. The summed E-state index contributed by atoms with van der Waals surface area (Å²) in [6, 6.07) is 21.9. The number of likely N-dealkylation sites (N-methyl/N-ethyl adjacent to an activating group) is 1. The first-order valence-corrected chi connectivity index (χ1v) is 10.00. The molecule has 1 aliphatic heterocycles. The third-order valence-electron chi connectivity index (χ3n) is 5.34. The molecule has 0 saturated carbocycles. The molecule has 1 saturated heterocycles. The van der Waals surface area contributed by atoms with Crippen molar-refractivity contribution in [1.29, 1.82) is 0 Å². The van der Waals surface area contributed by atoms with Gasteiger partial charge >= 0.3 is 0 Å². The first kappa shape index (κ1) is 19.2. The van der Waals surface area contributed by atoms with E-state index in [-0.39, 0.29) is 5.91 Å². The van der Waals surface area contributed by atoms with Gasteiger partial charge < -0.3 is 14.7 Å². The highest BCUT2D eigenvalue weighted by Crippen LogP contribution is 2.22. The number of carbonyl (C=O) groups excluding carboxylic acids is 1. The SMILES string of the molecule is CN1CCN(c2cncc(C(=O)N(Cc3ccccc3)c3ccccc3)c2)CC1. The van der Waals surface area contributed by atoms with Crippen LogP contribution in [0.5, 0.6) is 0 Å². The summed E-state index contributed by atoms with van der Waals surface area (Å²) in [5.41, 5.74) is 3.59. The van der Waals surface area contributed by atoms with E-state index in [1.165, 1.54) is 0 Å². The van der Waals surface area contributed by atoms with Gasteiger partial charge in [-0.05, 0) is 30.8 Å². The van der Waals surface area contributed by atoms with Crippen LogP contribution in [0.4, 0.5) is 11.4 Å². The van der Waals surface area contributed by atoms with Crippen molar-refractivity contribution in [2.45, 2.75) is 6.54 Å². The summed E-state index contributed by atoms with van der Waals surface area (Å²) in [6.07, 6.45) is 3.52. The van der Waals surface area contributed by atoms with Crippen molar-refractivity contribution >= 4 is 17.3 Å². The number of nitrogens with zero attached hydrogens (tertiary/aromatic N) is 4. The van der Waals surface area contributed by atoms with E-state index < -0.39 is 0 Å². The Labute approximate surface area is 172 Å². The average Bonchev–Trinajstić information content (AvgIpc) is 2.79. The Morgan fingerprint density at radius 1 is 0.931 bits per heavy atom. The fourth-order valence-electron chi connectivity index (χ4n) is 3.59. The van der Waals surface area contributed by atoms with Gasteiger partial charge in [-0.15, -0.1) is 0 Å². The maximum atomic E-state index is 13.5. The lowest BCUT2D eigenvalue weighted by Gasteiger charge is -2.34. The van der Waals surface area contributed by atoms with Gasteiger partial charge in [-0.25, -0.2) is 0 Å². The van der Waals surface area contributed by atoms with Gasteiger partial charge in [0.1, 0.15) is 0 Å². The number of amides is 1. The van der Waals surface area contributed by atoms with Crippen molar-refractivity contribution in [3.8, 4) is 0 Å². The Balaban J connectivity index is 1.61. The van der Waals surface area contributed by atoms with Gasteiger partial charge in [0.15, 0.2) is 0 Å². The fourth-order valence-corrected chi connectivity index (χ4v) is 3.59. The normalized spacial score (nSPS) is 14.6. The topological polar surface area (TPSA) is 39.7 Å². The van der Waals surface area contributed by atoms with Gasteiger partial charge in [0.2, 0.25) is 0 Å². The van der Waals surface area contributed by atoms with E-state index in [0.29, 0.717) is 12.1 Å². The van der Waals surface area contributed by atoms with E-state index in [1.807, 2.05) is 77.8 Å². The van der Waals surface area contributed by atoms with E-state index in [0.717, 1.165) is 43.1 Å². The van der Waals surface area contributed by atoms with Crippen molar-refractivity contribution < 1.29 is 4.79 Å². The monoisotopic (exact) mass is 386 g/mol. The molecule has 1 fully saturated rings. The minimum absolute atomic E-state index is 0.0384. The Hall–Kier alpha value is -3.18. The Kier molecular flexibility index (Phi) is 5.86. The van der Waals surface area contributed by atoms with E-state index >= 15 is 0 Å². The third-order valence-corrected chi connectivity index (χ3v) is 5.34. The molecule has 3 aromatic rings. The Morgan fingerprint density at radius 2 is 1.59 bits per heavy atom. The largest absolute Gasteiger partial charge is 0.368 e. The molecular formula is C24H26N4O. The standard InChI is InChI=1S/C24H26N4O/c1-26-12-14-27(15-13-26)23-16-21(17-25-18-23)24(29)28(22-10-6-3-7-11-22)19-20-8-4-2-5-9-20/h2-11,16-18H,12-15,19H2,1H3. The van der Waals surface area contributed by atoms with Crippen LogP contribution in [-0.4, -0.2) is 49.0 Å². The van der Waals surface area contributed by atoms with Crippen LogP contribution in [0.25, 0.3) is 0 Å². The number of anilines is 2. The summed E-state index contributed by atoms with van der Waals surface area (Å²) in [5.74, 6) is -0.0384. The molecular weight excluding hydrogens is 360 g/mol. The second-order valence-electron chi connectivity index (χ2n) is 7.43. The fraction of sp³-hybridized carbons (Fsp3) is 0.250. The Morgan fingerprint density at radius 3 is 2.28 bits per heavy atom.